The minimum atomic E-state index is 0.142. The van der Waals surface area contributed by atoms with Crippen molar-refractivity contribution in [2.45, 2.75) is 13.2 Å². The van der Waals surface area contributed by atoms with Crippen molar-refractivity contribution in [3.63, 3.8) is 0 Å². The Labute approximate surface area is 237 Å². The van der Waals surface area contributed by atoms with Gasteiger partial charge in [0, 0.05) is 12.1 Å². The molecular weight excluding hydrogens is 508 g/mol. The highest BCUT2D eigenvalue weighted by molar-refractivity contribution is 6.09. The third kappa shape index (κ3) is 4.85. The highest BCUT2D eigenvalue weighted by Crippen LogP contribution is 2.42. The molecule has 7 aromatic rings. The predicted octanol–water partition coefficient (Wildman–Crippen LogP) is 7.01. The van der Waals surface area contributed by atoms with Crippen molar-refractivity contribution in [1.82, 2.24) is 24.1 Å². The first-order chi connectivity index (χ1) is 20.3. The minimum Gasteiger partial charge on any atom is -0.387 e. The molecule has 0 unspecified atom stereocenters. The lowest BCUT2D eigenvalue weighted by Gasteiger charge is -2.13. The Morgan fingerprint density at radius 2 is 1.34 bits per heavy atom. The van der Waals surface area contributed by atoms with Crippen molar-refractivity contribution >= 4 is 22.9 Å². The first kappa shape index (κ1) is 24.5. The summed E-state index contributed by atoms with van der Waals surface area (Å²) in [6.07, 6.45) is 3.41. The molecule has 198 valence electrons. The maximum absolute atomic E-state index is 5.56. The van der Waals surface area contributed by atoms with Crippen LogP contribution in [0, 0.1) is 0 Å². The van der Waals surface area contributed by atoms with Gasteiger partial charge < -0.3 is 9.40 Å². The van der Waals surface area contributed by atoms with E-state index in [9.17, 15) is 0 Å². The monoisotopic (exact) mass is 534 g/mol. The first-order valence-corrected chi connectivity index (χ1v) is 13.5. The number of nitrogens with zero attached hydrogens (tertiary/aromatic N) is 6. The van der Waals surface area contributed by atoms with Gasteiger partial charge in [-0.25, -0.2) is 14.5 Å². The van der Waals surface area contributed by atoms with Crippen LogP contribution < -0.4 is 0 Å². The fraction of sp³-hybridized carbons (Fsp3) is 0.0588. The van der Waals surface area contributed by atoms with Crippen LogP contribution in [0.5, 0.6) is 0 Å². The summed E-state index contributed by atoms with van der Waals surface area (Å²) in [4.78, 5) is 15.4. The van der Waals surface area contributed by atoms with E-state index in [1.54, 1.807) is 17.1 Å². The molecule has 0 saturated carbocycles. The van der Waals surface area contributed by atoms with E-state index in [2.05, 4.69) is 87.6 Å². The van der Waals surface area contributed by atoms with E-state index in [0.29, 0.717) is 12.4 Å². The Kier molecular flexibility index (Phi) is 6.51. The second kappa shape index (κ2) is 10.9. The van der Waals surface area contributed by atoms with Gasteiger partial charge in [-0.2, -0.15) is 0 Å². The summed E-state index contributed by atoms with van der Waals surface area (Å²) < 4.78 is 4.02. The first-order valence-electron chi connectivity index (χ1n) is 13.5. The summed E-state index contributed by atoms with van der Waals surface area (Å²) in [5.41, 5.74) is 8.08. The zero-order chi connectivity index (χ0) is 27.4. The lowest BCUT2D eigenvalue weighted by molar-refractivity contribution is 0.126. The number of hydrogen-bond acceptors (Lipinski definition) is 5. The van der Waals surface area contributed by atoms with Crippen LogP contribution in [0.2, 0.25) is 0 Å². The molecule has 41 heavy (non-hydrogen) atoms. The largest absolute Gasteiger partial charge is 0.387 e. The van der Waals surface area contributed by atoms with E-state index in [-0.39, 0.29) is 6.61 Å². The molecule has 0 amide bonds. The zero-order valence-corrected chi connectivity index (χ0v) is 22.2. The fourth-order valence-corrected chi connectivity index (χ4v) is 5.18. The van der Waals surface area contributed by atoms with Crippen LogP contribution in [-0.2, 0) is 18.0 Å². The summed E-state index contributed by atoms with van der Waals surface area (Å²) in [6.45, 7) is 0.805. The van der Waals surface area contributed by atoms with Gasteiger partial charge in [-0.05, 0) is 22.3 Å². The van der Waals surface area contributed by atoms with Crippen molar-refractivity contribution in [2.24, 2.45) is 5.16 Å². The minimum absolute atomic E-state index is 0.142. The SMILES string of the molecule is C(=N\OCc1nc2c3c(-c4ccccc4)c(-c4ccccc4)n(Cc4ccccc4)c3ncn2n1)/c1ccccc1. The Balaban J connectivity index is 1.40. The van der Waals surface area contributed by atoms with Gasteiger partial charge in [0.1, 0.15) is 12.0 Å². The van der Waals surface area contributed by atoms with Gasteiger partial charge in [-0.3, -0.25) is 0 Å². The third-order valence-electron chi connectivity index (χ3n) is 6.99. The summed E-state index contributed by atoms with van der Waals surface area (Å²) in [6, 6.07) is 41.2. The summed E-state index contributed by atoms with van der Waals surface area (Å²) in [5, 5.41) is 9.72. The van der Waals surface area contributed by atoms with Gasteiger partial charge in [-0.15, -0.1) is 5.10 Å². The molecular formula is C34H26N6O. The second-order valence-corrected chi connectivity index (χ2v) is 9.69. The number of hydrogen-bond donors (Lipinski definition) is 0. The van der Waals surface area contributed by atoms with Crippen LogP contribution in [-0.4, -0.2) is 30.4 Å². The number of benzene rings is 4. The summed E-state index contributed by atoms with van der Waals surface area (Å²) in [7, 11) is 0. The van der Waals surface area contributed by atoms with Gasteiger partial charge in [0.15, 0.2) is 18.1 Å². The predicted molar refractivity (Wildman–Crippen MR) is 162 cm³/mol. The van der Waals surface area contributed by atoms with Gasteiger partial charge in [0.25, 0.3) is 0 Å². The average molecular weight is 535 g/mol. The number of aromatic nitrogens is 5. The van der Waals surface area contributed by atoms with E-state index >= 15 is 0 Å². The van der Waals surface area contributed by atoms with Crippen molar-refractivity contribution in [3.8, 4) is 22.4 Å². The zero-order valence-electron chi connectivity index (χ0n) is 22.2. The van der Waals surface area contributed by atoms with Crippen molar-refractivity contribution in [1.29, 1.82) is 0 Å². The molecule has 0 aliphatic carbocycles. The molecule has 3 aromatic heterocycles. The summed E-state index contributed by atoms with van der Waals surface area (Å²) >= 11 is 0. The van der Waals surface area contributed by atoms with E-state index in [1.165, 1.54) is 5.56 Å². The topological polar surface area (TPSA) is 69.6 Å². The molecule has 7 nitrogen and oxygen atoms in total. The molecule has 0 aliphatic rings. The van der Waals surface area contributed by atoms with E-state index in [0.717, 1.165) is 44.6 Å². The molecule has 0 spiro atoms. The van der Waals surface area contributed by atoms with Crippen LogP contribution in [0.3, 0.4) is 0 Å². The van der Waals surface area contributed by atoms with Gasteiger partial charge in [-0.1, -0.05) is 126 Å². The van der Waals surface area contributed by atoms with E-state index < -0.39 is 0 Å². The highest BCUT2D eigenvalue weighted by Gasteiger charge is 2.25. The fourth-order valence-electron chi connectivity index (χ4n) is 5.18. The standard InChI is InChI=1S/C34H26N6O/c1-5-13-25(14-6-1)21-36-41-23-29-37-34-31-30(27-17-9-3-10-18-27)32(28-19-11-4-12-20-28)39(22-26-15-7-2-8-16-26)33(31)35-24-40(34)38-29/h1-21,24H,22-23H2/b36-21+. The molecule has 0 N–H and O–H groups in total. The summed E-state index contributed by atoms with van der Waals surface area (Å²) in [5.74, 6) is 0.528. The van der Waals surface area contributed by atoms with E-state index in [1.807, 2.05) is 48.5 Å². The lowest BCUT2D eigenvalue weighted by Crippen LogP contribution is -2.03. The normalized spacial score (nSPS) is 11.5. The Hall–Kier alpha value is -5.56. The Morgan fingerprint density at radius 3 is 2.05 bits per heavy atom. The van der Waals surface area contributed by atoms with Crippen LogP contribution in [0.1, 0.15) is 17.0 Å². The maximum Gasteiger partial charge on any atom is 0.192 e. The van der Waals surface area contributed by atoms with Gasteiger partial charge in [0.05, 0.1) is 17.3 Å². The van der Waals surface area contributed by atoms with Crippen LogP contribution in [0.15, 0.2) is 133 Å². The Morgan fingerprint density at radius 1 is 0.707 bits per heavy atom. The smallest absolute Gasteiger partial charge is 0.192 e. The van der Waals surface area contributed by atoms with Crippen LogP contribution in [0.4, 0.5) is 0 Å². The molecule has 0 bridgehead atoms. The number of oxime groups is 1. The molecule has 0 radical (unpaired) electrons. The second-order valence-electron chi connectivity index (χ2n) is 9.69. The molecule has 4 aromatic carbocycles. The average Bonchev–Trinajstić information content (AvgIpc) is 3.60. The molecule has 0 aliphatic heterocycles. The molecule has 7 rings (SSSR count). The Bertz CT molecular complexity index is 1950. The lowest BCUT2D eigenvalue weighted by atomic mass is 9.99. The molecule has 7 heteroatoms. The number of rotatable bonds is 8. The maximum atomic E-state index is 5.56. The molecule has 3 heterocycles. The van der Waals surface area contributed by atoms with E-state index in [4.69, 9.17) is 14.8 Å². The van der Waals surface area contributed by atoms with Gasteiger partial charge >= 0.3 is 0 Å². The molecule has 0 saturated heterocycles. The highest BCUT2D eigenvalue weighted by atomic mass is 16.6. The van der Waals surface area contributed by atoms with Crippen LogP contribution >= 0.6 is 0 Å². The van der Waals surface area contributed by atoms with Crippen molar-refractivity contribution < 1.29 is 4.84 Å². The van der Waals surface area contributed by atoms with Crippen molar-refractivity contribution in [3.05, 3.63) is 145 Å². The molecule has 0 fully saturated rings. The quantitative estimate of drug-likeness (QED) is 0.155. The molecule has 0 atom stereocenters. The van der Waals surface area contributed by atoms with Crippen LogP contribution in [0.25, 0.3) is 39.1 Å². The van der Waals surface area contributed by atoms with Gasteiger partial charge in [0.2, 0.25) is 0 Å². The number of fused-ring (bicyclic) bond motifs is 3. The third-order valence-corrected chi connectivity index (χ3v) is 6.99. The van der Waals surface area contributed by atoms with Crippen molar-refractivity contribution in [2.75, 3.05) is 0 Å².